The van der Waals surface area contributed by atoms with Crippen LogP contribution in [0.3, 0.4) is 0 Å². The second kappa shape index (κ2) is 11.3. The highest BCUT2D eigenvalue weighted by Crippen LogP contribution is 2.53. The van der Waals surface area contributed by atoms with Crippen molar-refractivity contribution in [3.63, 3.8) is 0 Å². The first-order valence-electron chi connectivity index (χ1n) is 10.9. The third-order valence-corrected chi connectivity index (χ3v) is 7.61. The SMILES string of the molecule is COc1ccc(N2CCN(c3ccc(C)cc3)P2OCCNC(=S)Nc2ccccc2)cc1. The van der Waals surface area contributed by atoms with Crippen molar-refractivity contribution in [2.24, 2.45) is 0 Å². The van der Waals surface area contributed by atoms with Gasteiger partial charge in [-0.15, -0.1) is 0 Å². The van der Waals surface area contributed by atoms with Crippen LogP contribution < -0.4 is 24.7 Å². The maximum absolute atomic E-state index is 6.46. The summed E-state index contributed by atoms with van der Waals surface area (Å²) in [5.41, 5.74) is 4.52. The van der Waals surface area contributed by atoms with Crippen molar-refractivity contribution >= 4 is 42.8 Å². The molecule has 33 heavy (non-hydrogen) atoms. The van der Waals surface area contributed by atoms with Gasteiger partial charge < -0.3 is 29.2 Å². The van der Waals surface area contributed by atoms with Crippen molar-refractivity contribution in [1.82, 2.24) is 5.32 Å². The molecule has 0 bridgehead atoms. The standard InChI is InChI=1S/C25H29N4O2PS/c1-20-8-10-22(11-9-20)28-17-18-29(23-12-14-24(30-2)15-13-23)32(28)31-19-16-26-25(33)27-21-6-4-3-5-7-21/h3-15H,16-19H2,1-2H3,(H2,26,27,33). The van der Waals surface area contributed by atoms with Gasteiger partial charge in [0.2, 0.25) is 8.45 Å². The summed E-state index contributed by atoms with van der Waals surface area (Å²) in [6.07, 6.45) is 0. The molecule has 1 saturated heterocycles. The lowest BCUT2D eigenvalue weighted by atomic mass is 10.2. The second-order valence-corrected chi connectivity index (χ2v) is 9.75. The Morgan fingerprint density at radius 1 is 0.909 bits per heavy atom. The van der Waals surface area contributed by atoms with Crippen molar-refractivity contribution in [2.45, 2.75) is 6.92 Å². The van der Waals surface area contributed by atoms with Gasteiger partial charge in [0.15, 0.2) is 5.11 Å². The summed E-state index contributed by atoms with van der Waals surface area (Å²) < 4.78 is 16.5. The van der Waals surface area contributed by atoms with E-state index < -0.39 is 8.45 Å². The molecule has 0 aromatic heterocycles. The number of benzene rings is 3. The average molecular weight is 481 g/mol. The zero-order valence-corrected chi connectivity index (χ0v) is 20.6. The summed E-state index contributed by atoms with van der Waals surface area (Å²) in [5.74, 6) is 0.849. The van der Waals surface area contributed by atoms with Gasteiger partial charge in [0, 0.05) is 36.7 Å². The van der Waals surface area contributed by atoms with Crippen molar-refractivity contribution in [2.75, 3.05) is 48.0 Å². The van der Waals surface area contributed by atoms with Crippen molar-refractivity contribution < 1.29 is 9.26 Å². The molecule has 172 valence electrons. The number of methoxy groups -OCH3 is 1. The van der Waals surface area contributed by atoms with E-state index in [-0.39, 0.29) is 0 Å². The molecule has 0 amide bonds. The number of anilines is 3. The molecule has 6 nitrogen and oxygen atoms in total. The zero-order valence-electron chi connectivity index (χ0n) is 18.9. The Morgan fingerprint density at radius 3 is 2.12 bits per heavy atom. The van der Waals surface area contributed by atoms with Gasteiger partial charge in [0.1, 0.15) is 5.75 Å². The largest absolute Gasteiger partial charge is 0.497 e. The number of thiocarbonyl (C=S) groups is 1. The van der Waals surface area contributed by atoms with Crippen LogP contribution in [0.15, 0.2) is 78.9 Å². The summed E-state index contributed by atoms with van der Waals surface area (Å²) in [5, 5.41) is 7.02. The highest BCUT2D eigenvalue weighted by Gasteiger charge is 2.34. The second-order valence-electron chi connectivity index (χ2n) is 7.61. The Labute approximate surface area is 202 Å². The molecule has 3 aromatic carbocycles. The van der Waals surface area contributed by atoms with E-state index in [1.807, 2.05) is 42.5 Å². The Hall–Kier alpha value is -2.86. The third kappa shape index (κ3) is 6.14. The van der Waals surface area contributed by atoms with Crippen molar-refractivity contribution in [1.29, 1.82) is 0 Å². The van der Waals surface area contributed by atoms with Gasteiger partial charge in [0.05, 0.1) is 13.7 Å². The fourth-order valence-corrected chi connectivity index (χ4v) is 5.74. The first-order chi connectivity index (χ1) is 16.1. The number of nitrogens with one attached hydrogen (secondary N) is 2. The van der Waals surface area contributed by atoms with Crippen molar-refractivity contribution in [3.8, 4) is 5.75 Å². The van der Waals surface area contributed by atoms with Crippen LogP contribution in [0.1, 0.15) is 5.56 Å². The van der Waals surface area contributed by atoms with Gasteiger partial charge in [-0.05, 0) is 67.7 Å². The minimum Gasteiger partial charge on any atom is -0.497 e. The summed E-state index contributed by atoms with van der Waals surface area (Å²) >= 11 is 5.41. The normalized spacial score (nSPS) is 15.4. The molecule has 1 heterocycles. The van der Waals surface area contributed by atoms with E-state index in [0.29, 0.717) is 18.3 Å². The molecule has 8 heteroatoms. The summed E-state index contributed by atoms with van der Waals surface area (Å²) in [6, 6.07) is 26.7. The summed E-state index contributed by atoms with van der Waals surface area (Å²) in [7, 11) is 0.680. The molecule has 0 spiro atoms. The van der Waals surface area contributed by atoms with E-state index in [2.05, 4.69) is 63.3 Å². The molecule has 0 aliphatic carbocycles. The number of aryl methyl sites for hydroxylation is 1. The minimum absolute atomic E-state index is 0.539. The van der Waals surface area contributed by atoms with Gasteiger partial charge in [-0.25, -0.2) is 0 Å². The van der Waals surface area contributed by atoms with Crippen LogP contribution in [0.4, 0.5) is 17.1 Å². The van der Waals surface area contributed by atoms with Crippen molar-refractivity contribution in [3.05, 3.63) is 84.4 Å². The van der Waals surface area contributed by atoms with E-state index in [9.17, 15) is 0 Å². The lowest BCUT2D eigenvalue weighted by Crippen LogP contribution is -2.31. The monoisotopic (exact) mass is 480 g/mol. The highest BCUT2D eigenvalue weighted by molar-refractivity contribution is 7.80. The summed E-state index contributed by atoms with van der Waals surface area (Å²) in [4.78, 5) is 0. The Morgan fingerprint density at radius 2 is 1.52 bits per heavy atom. The Kier molecular flexibility index (Phi) is 8.00. The first kappa shape index (κ1) is 23.3. The van der Waals surface area contributed by atoms with E-state index in [1.165, 1.54) is 11.3 Å². The van der Waals surface area contributed by atoms with Gasteiger partial charge in [-0.1, -0.05) is 35.9 Å². The molecule has 1 fully saturated rings. The predicted molar refractivity (Wildman–Crippen MR) is 142 cm³/mol. The minimum atomic E-state index is -1.00. The molecule has 2 N–H and O–H groups in total. The smallest absolute Gasteiger partial charge is 0.248 e. The van der Waals surface area contributed by atoms with E-state index in [0.717, 1.165) is 30.2 Å². The van der Waals surface area contributed by atoms with E-state index in [1.54, 1.807) is 7.11 Å². The molecular weight excluding hydrogens is 451 g/mol. The van der Waals surface area contributed by atoms with Crippen LogP contribution >= 0.6 is 20.7 Å². The average Bonchev–Trinajstić information content (AvgIpc) is 3.27. The summed E-state index contributed by atoms with van der Waals surface area (Å²) in [6.45, 7) is 5.07. The molecule has 4 rings (SSSR count). The van der Waals surface area contributed by atoms with Crippen LogP contribution in [0.25, 0.3) is 0 Å². The van der Waals surface area contributed by atoms with Gasteiger partial charge in [0.25, 0.3) is 0 Å². The Bertz CT molecular complexity index is 1030. The molecule has 0 radical (unpaired) electrons. The Balaban J connectivity index is 1.40. The number of ether oxygens (including phenoxy) is 1. The fraction of sp³-hybridized carbons (Fsp3) is 0.240. The number of hydrogen-bond donors (Lipinski definition) is 2. The number of rotatable bonds is 8. The highest BCUT2D eigenvalue weighted by atomic mass is 32.1. The molecule has 0 saturated carbocycles. The maximum Gasteiger partial charge on any atom is 0.248 e. The lowest BCUT2D eigenvalue weighted by molar-refractivity contribution is 0.357. The van der Waals surface area contributed by atoms with Crippen LogP contribution in [0.2, 0.25) is 0 Å². The molecule has 3 aromatic rings. The molecule has 1 atom stereocenters. The number of hydrogen-bond acceptors (Lipinski definition) is 5. The van der Waals surface area contributed by atoms with Gasteiger partial charge in [-0.3, -0.25) is 0 Å². The van der Waals surface area contributed by atoms with Crippen LogP contribution in [-0.4, -0.2) is 38.5 Å². The molecule has 1 aliphatic rings. The number of nitrogens with zero attached hydrogens (tertiary/aromatic N) is 2. The molecule has 1 unspecified atom stereocenters. The molecular formula is C25H29N4O2PS. The number of para-hydroxylation sites is 1. The van der Waals surface area contributed by atoms with Crippen LogP contribution in [0.5, 0.6) is 5.75 Å². The van der Waals surface area contributed by atoms with Gasteiger partial charge >= 0.3 is 0 Å². The van der Waals surface area contributed by atoms with E-state index >= 15 is 0 Å². The topological polar surface area (TPSA) is 49.0 Å². The van der Waals surface area contributed by atoms with Gasteiger partial charge in [-0.2, -0.15) is 0 Å². The predicted octanol–water partition coefficient (Wildman–Crippen LogP) is 5.56. The lowest BCUT2D eigenvalue weighted by Gasteiger charge is -2.31. The van der Waals surface area contributed by atoms with E-state index in [4.69, 9.17) is 21.5 Å². The van der Waals surface area contributed by atoms with Crippen LogP contribution in [0, 0.1) is 6.92 Å². The van der Waals surface area contributed by atoms with Crippen LogP contribution in [-0.2, 0) is 4.52 Å². The third-order valence-electron chi connectivity index (χ3n) is 5.27. The molecule has 1 aliphatic heterocycles. The quantitative estimate of drug-likeness (QED) is 0.249. The zero-order chi connectivity index (χ0) is 23.0. The maximum atomic E-state index is 6.46. The first-order valence-corrected chi connectivity index (χ1v) is 12.5. The fourth-order valence-electron chi connectivity index (χ4n) is 3.55.